The Balaban J connectivity index is 0.000000386. The van der Waals surface area contributed by atoms with Crippen molar-refractivity contribution in [3.05, 3.63) is 54.0 Å². The summed E-state index contributed by atoms with van der Waals surface area (Å²) in [6.45, 7) is 0. The highest BCUT2D eigenvalue weighted by molar-refractivity contribution is 5.49. The molecule has 0 spiro atoms. The molecule has 0 bridgehead atoms. The van der Waals surface area contributed by atoms with Crippen LogP contribution in [-0.2, 0) is 4.74 Å². The first-order valence-electron chi connectivity index (χ1n) is 4.79. The zero-order chi connectivity index (χ0) is 11.8. The first-order chi connectivity index (χ1) is 7.79. The number of pyridine rings is 2. The third-order valence-electron chi connectivity index (χ3n) is 1.75. The molecule has 0 aliphatic heterocycles. The number of hydrogen-bond acceptors (Lipinski definition) is 3. The fourth-order valence-corrected chi connectivity index (χ4v) is 1.14. The molecule has 2 aromatic heterocycles. The number of hydrogen-bond donors (Lipinski definition) is 0. The Labute approximate surface area is 94.7 Å². The maximum absolute atomic E-state index is 11.3. The summed E-state index contributed by atoms with van der Waals surface area (Å²) in [4.78, 5) is 4.09. The van der Waals surface area contributed by atoms with E-state index in [0.29, 0.717) is 11.4 Å². The van der Waals surface area contributed by atoms with E-state index in [1.807, 2.05) is 24.3 Å². The molecule has 84 valence electrons. The van der Waals surface area contributed by atoms with Crippen LogP contribution in [0.3, 0.4) is 0 Å². The van der Waals surface area contributed by atoms with Gasteiger partial charge < -0.3 is 9.94 Å². The van der Waals surface area contributed by atoms with Crippen molar-refractivity contribution >= 4 is 0 Å². The molecule has 0 saturated heterocycles. The van der Waals surface area contributed by atoms with Crippen molar-refractivity contribution < 1.29 is 9.47 Å². The molecule has 2 aromatic rings. The summed E-state index contributed by atoms with van der Waals surface area (Å²) in [5.41, 5.74) is 1.27. The summed E-state index contributed by atoms with van der Waals surface area (Å²) >= 11 is 0. The van der Waals surface area contributed by atoms with Gasteiger partial charge in [0.15, 0.2) is 6.20 Å². The van der Waals surface area contributed by atoms with Crippen LogP contribution >= 0.6 is 0 Å². The average molecular weight is 218 g/mol. The highest BCUT2D eigenvalue weighted by Gasteiger charge is 2.06. The van der Waals surface area contributed by atoms with Gasteiger partial charge in [-0.3, -0.25) is 0 Å². The van der Waals surface area contributed by atoms with Gasteiger partial charge in [-0.05, 0) is 18.2 Å². The molecule has 0 radical (unpaired) electrons. The summed E-state index contributed by atoms with van der Waals surface area (Å²) < 4.78 is 5.06. The monoisotopic (exact) mass is 218 g/mol. The minimum absolute atomic E-state index is 0.572. The quantitative estimate of drug-likeness (QED) is 0.540. The number of methoxy groups -OCH3 is 1. The Morgan fingerprint density at radius 3 is 2.38 bits per heavy atom. The Morgan fingerprint density at radius 2 is 1.81 bits per heavy atom. The van der Waals surface area contributed by atoms with E-state index in [2.05, 4.69) is 9.72 Å². The van der Waals surface area contributed by atoms with Gasteiger partial charge in [0.1, 0.15) is 5.69 Å². The minimum Gasteiger partial charge on any atom is -0.618 e. The van der Waals surface area contributed by atoms with Gasteiger partial charge in [0.25, 0.3) is 0 Å². The van der Waals surface area contributed by atoms with E-state index in [-0.39, 0.29) is 0 Å². The molecular formula is C12H14N2O2. The van der Waals surface area contributed by atoms with Crippen molar-refractivity contribution in [2.24, 2.45) is 0 Å². The fraction of sp³-hybridized carbons (Fsp3) is 0.167. The van der Waals surface area contributed by atoms with Crippen molar-refractivity contribution in [1.29, 1.82) is 0 Å². The summed E-state index contributed by atoms with van der Waals surface area (Å²) in [7, 11) is 3.25. The van der Waals surface area contributed by atoms with E-state index >= 15 is 0 Å². The Kier molecular flexibility index (Phi) is 4.95. The normalized spacial score (nSPS) is 9.12. The van der Waals surface area contributed by atoms with Crippen LogP contribution in [0, 0.1) is 5.21 Å². The zero-order valence-corrected chi connectivity index (χ0v) is 9.33. The van der Waals surface area contributed by atoms with Gasteiger partial charge in [0, 0.05) is 32.5 Å². The van der Waals surface area contributed by atoms with Gasteiger partial charge in [-0.15, -0.1) is 0 Å². The van der Waals surface area contributed by atoms with Gasteiger partial charge in [-0.2, -0.15) is 4.73 Å². The Bertz CT molecular complexity index is 418. The molecule has 0 unspecified atom stereocenters. The minimum atomic E-state index is 0.572. The van der Waals surface area contributed by atoms with Gasteiger partial charge >= 0.3 is 0 Å². The van der Waals surface area contributed by atoms with Gasteiger partial charge in [0.2, 0.25) is 5.69 Å². The van der Waals surface area contributed by atoms with E-state index in [4.69, 9.17) is 0 Å². The largest absolute Gasteiger partial charge is 0.618 e. The fourth-order valence-electron chi connectivity index (χ4n) is 1.14. The lowest BCUT2D eigenvalue weighted by Crippen LogP contribution is -2.28. The third kappa shape index (κ3) is 3.33. The second-order valence-corrected chi connectivity index (χ2v) is 3.03. The van der Waals surface area contributed by atoms with Gasteiger partial charge in [0.05, 0.1) is 0 Å². The highest BCUT2D eigenvalue weighted by Crippen LogP contribution is 2.09. The molecule has 2 heterocycles. The molecule has 0 atom stereocenters. The van der Waals surface area contributed by atoms with Crippen molar-refractivity contribution in [2.75, 3.05) is 14.2 Å². The molecule has 0 saturated carbocycles. The van der Waals surface area contributed by atoms with Crippen molar-refractivity contribution in [3.8, 4) is 11.4 Å². The SMILES string of the molecule is COC.[O-][n+]1ccccc1-c1ccccn1. The Morgan fingerprint density at radius 1 is 1.12 bits per heavy atom. The number of ether oxygens (including phenoxy) is 1. The molecule has 4 nitrogen and oxygen atoms in total. The first kappa shape index (κ1) is 12.1. The summed E-state index contributed by atoms with van der Waals surface area (Å²) in [5, 5.41) is 11.3. The van der Waals surface area contributed by atoms with E-state index in [0.717, 1.165) is 4.73 Å². The molecule has 2 rings (SSSR count). The van der Waals surface area contributed by atoms with Crippen LogP contribution in [0.15, 0.2) is 48.8 Å². The Hall–Kier alpha value is -1.94. The molecule has 0 N–H and O–H groups in total. The number of aromatic nitrogens is 2. The highest BCUT2D eigenvalue weighted by atomic mass is 16.5. The summed E-state index contributed by atoms with van der Waals surface area (Å²) in [5.74, 6) is 0. The van der Waals surface area contributed by atoms with Crippen LogP contribution in [0.2, 0.25) is 0 Å². The predicted octanol–water partition coefficient (Wildman–Crippen LogP) is 1.64. The topological polar surface area (TPSA) is 49.1 Å². The summed E-state index contributed by atoms with van der Waals surface area (Å²) in [6, 6.07) is 10.7. The van der Waals surface area contributed by atoms with Crippen molar-refractivity contribution in [1.82, 2.24) is 4.98 Å². The van der Waals surface area contributed by atoms with E-state index < -0.39 is 0 Å². The average Bonchev–Trinajstić information content (AvgIpc) is 2.32. The van der Waals surface area contributed by atoms with Crippen molar-refractivity contribution in [2.45, 2.75) is 0 Å². The zero-order valence-electron chi connectivity index (χ0n) is 9.33. The maximum atomic E-state index is 11.3. The predicted molar refractivity (Wildman–Crippen MR) is 61.6 cm³/mol. The maximum Gasteiger partial charge on any atom is 0.242 e. The van der Waals surface area contributed by atoms with E-state index in [1.54, 1.807) is 32.5 Å². The molecule has 0 aliphatic rings. The van der Waals surface area contributed by atoms with Gasteiger partial charge in [-0.1, -0.05) is 6.07 Å². The molecule has 0 aromatic carbocycles. The van der Waals surface area contributed by atoms with E-state index in [9.17, 15) is 5.21 Å². The number of rotatable bonds is 1. The van der Waals surface area contributed by atoms with Crippen molar-refractivity contribution in [3.63, 3.8) is 0 Å². The standard InChI is InChI=1S/C10H8N2O.C2H6O/c13-12-8-4-2-6-10(12)9-5-1-3-7-11-9;1-3-2/h1-8H;1-2H3. The lowest BCUT2D eigenvalue weighted by molar-refractivity contribution is -0.593. The van der Waals surface area contributed by atoms with Crippen LogP contribution in [-0.4, -0.2) is 19.2 Å². The molecule has 0 amide bonds. The van der Waals surface area contributed by atoms with Crippen LogP contribution in [0.1, 0.15) is 0 Å². The van der Waals surface area contributed by atoms with Crippen LogP contribution < -0.4 is 4.73 Å². The molecule has 4 heteroatoms. The van der Waals surface area contributed by atoms with Gasteiger partial charge in [-0.25, -0.2) is 4.98 Å². The molecule has 16 heavy (non-hydrogen) atoms. The lowest BCUT2D eigenvalue weighted by Gasteiger charge is -2.01. The lowest BCUT2D eigenvalue weighted by atomic mass is 10.2. The second-order valence-electron chi connectivity index (χ2n) is 3.03. The first-order valence-corrected chi connectivity index (χ1v) is 4.79. The smallest absolute Gasteiger partial charge is 0.242 e. The molecule has 0 fully saturated rings. The third-order valence-corrected chi connectivity index (χ3v) is 1.75. The second kappa shape index (κ2) is 6.53. The van der Waals surface area contributed by atoms with E-state index in [1.165, 1.54) is 6.20 Å². The molecule has 0 aliphatic carbocycles. The van der Waals surface area contributed by atoms with Crippen LogP contribution in [0.5, 0.6) is 0 Å². The van der Waals surface area contributed by atoms with Crippen LogP contribution in [0.25, 0.3) is 11.4 Å². The molecular weight excluding hydrogens is 204 g/mol. The number of nitrogens with zero attached hydrogens (tertiary/aromatic N) is 2. The summed E-state index contributed by atoms with van der Waals surface area (Å²) in [6.07, 6.45) is 3.13. The van der Waals surface area contributed by atoms with Crippen LogP contribution in [0.4, 0.5) is 0 Å².